The lowest BCUT2D eigenvalue weighted by atomic mass is 10.3. The van der Waals surface area contributed by atoms with E-state index < -0.39 is 0 Å². The molecule has 0 aliphatic rings. The van der Waals surface area contributed by atoms with Crippen LogP contribution in [0.5, 0.6) is 0 Å². The van der Waals surface area contributed by atoms with Crippen LogP contribution in [0.1, 0.15) is 6.92 Å². The van der Waals surface area contributed by atoms with Crippen LogP contribution >= 0.6 is 0 Å². The zero-order valence-electron chi connectivity index (χ0n) is 8.93. The molecule has 1 aromatic heterocycles. The van der Waals surface area contributed by atoms with E-state index >= 15 is 0 Å². The molecule has 2 heteroatoms. The molecule has 0 amide bonds. The zero-order chi connectivity index (χ0) is 10.8. The quantitative estimate of drug-likeness (QED) is 0.805. The van der Waals surface area contributed by atoms with Crippen LogP contribution in [0, 0.1) is 0 Å². The maximum Gasteiger partial charge on any atom is 0.0340 e. The lowest BCUT2D eigenvalue weighted by Gasteiger charge is -1.99. The first-order chi connectivity index (χ1) is 7.43. The van der Waals surface area contributed by atoms with Gasteiger partial charge < -0.3 is 5.32 Å². The van der Waals surface area contributed by atoms with Gasteiger partial charge in [0.2, 0.25) is 0 Å². The molecular weight excluding hydrogens is 184 g/mol. The Kier molecular flexibility index (Phi) is 5.67. The molecule has 0 saturated heterocycles. The molecule has 0 saturated carbocycles. The lowest BCUT2D eigenvalue weighted by Crippen LogP contribution is -1.94. The Hall–Kier alpha value is -1.83. The molecular formula is C13H16N2. The highest BCUT2D eigenvalue weighted by molar-refractivity contribution is 5.41. The number of hydrogen-bond donors (Lipinski definition) is 1. The van der Waals surface area contributed by atoms with Crippen LogP contribution in [-0.4, -0.2) is 11.5 Å². The third-order valence-electron chi connectivity index (χ3n) is 1.72. The summed E-state index contributed by atoms with van der Waals surface area (Å²) in [6.07, 6.45) is 3.50. The van der Waals surface area contributed by atoms with Crippen molar-refractivity contribution in [1.29, 1.82) is 0 Å². The molecule has 0 bridgehead atoms. The van der Waals surface area contributed by atoms with E-state index in [0.29, 0.717) is 0 Å². The molecule has 0 aliphatic heterocycles. The highest BCUT2D eigenvalue weighted by atomic mass is 14.8. The van der Waals surface area contributed by atoms with Crippen molar-refractivity contribution in [3.8, 4) is 0 Å². The van der Waals surface area contributed by atoms with E-state index in [1.165, 1.54) is 5.69 Å². The van der Waals surface area contributed by atoms with Crippen molar-refractivity contribution in [2.45, 2.75) is 6.92 Å². The van der Waals surface area contributed by atoms with Crippen LogP contribution in [0.15, 0.2) is 60.9 Å². The predicted octanol–water partition coefficient (Wildman–Crippen LogP) is 3.20. The van der Waals surface area contributed by atoms with Gasteiger partial charge in [0.1, 0.15) is 0 Å². The van der Waals surface area contributed by atoms with Gasteiger partial charge in [0, 0.05) is 24.6 Å². The summed E-state index contributed by atoms with van der Waals surface area (Å²) in [5.41, 5.74) is 1.19. The van der Waals surface area contributed by atoms with Crippen LogP contribution in [0.25, 0.3) is 0 Å². The third kappa shape index (κ3) is 5.47. The molecule has 1 heterocycles. The summed E-state index contributed by atoms with van der Waals surface area (Å²) in [7, 11) is 0. The molecule has 1 N–H and O–H groups in total. The van der Waals surface area contributed by atoms with E-state index in [0.717, 1.165) is 6.54 Å². The van der Waals surface area contributed by atoms with Crippen LogP contribution in [0.3, 0.4) is 0 Å². The van der Waals surface area contributed by atoms with Gasteiger partial charge in [-0.1, -0.05) is 24.3 Å². The molecule has 2 rings (SSSR count). The monoisotopic (exact) mass is 200 g/mol. The highest BCUT2D eigenvalue weighted by Gasteiger charge is 1.81. The fourth-order valence-corrected chi connectivity index (χ4v) is 1.07. The Morgan fingerprint density at radius 3 is 1.93 bits per heavy atom. The van der Waals surface area contributed by atoms with E-state index in [4.69, 9.17) is 0 Å². The molecule has 0 unspecified atom stereocenters. The molecule has 2 nitrogen and oxygen atoms in total. The van der Waals surface area contributed by atoms with Crippen LogP contribution < -0.4 is 5.32 Å². The van der Waals surface area contributed by atoms with E-state index in [9.17, 15) is 0 Å². The summed E-state index contributed by atoms with van der Waals surface area (Å²) >= 11 is 0. The lowest BCUT2D eigenvalue weighted by molar-refractivity contribution is 1.21. The molecule has 0 spiro atoms. The standard InChI is InChI=1S/C8H11N.C5H5N/c1-2-9-8-6-4-3-5-7-8;1-2-4-6-5-3-1/h3-7,9H,2H2,1H3;1-5H. The average Bonchev–Trinajstić information content (AvgIpc) is 2.34. The van der Waals surface area contributed by atoms with Crippen molar-refractivity contribution in [3.63, 3.8) is 0 Å². The molecule has 15 heavy (non-hydrogen) atoms. The van der Waals surface area contributed by atoms with Gasteiger partial charge in [-0.2, -0.15) is 0 Å². The summed E-state index contributed by atoms with van der Waals surface area (Å²) in [6, 6.07) is 15.9. The van der Waals surface area contributed by atoms with Crippen LogP contribution in [0.4, 0.5) is 5.69 Å². The second-order valence-corrected chi connectivity index (χ2v) is 2.92. The number of hydrogen-bond acceptors (Lipinski definition) is 2. The Bertz CT molecular complexity index is 305. The number of nitrogens with zero attached hydrogens (tertiary/aromatic N) is 1. The van der Waals surface area contributed by atoms with Crippen molar-refractivity contribution in [2.24, 2.45) is 0 Å². The summed E-state index contributed by atoms with van der Waals surface area (Å²) in [5, 5.41) is 3.21. The minimum Gasteiger partial charge on any atom is -0.385 e. The number of nitrogens with one attached hydrogen (secondary N) is 1. The third-order valence-corrected chi connectivity index (χ3v) is 1.72. The second kappa shape index (κ2) is 7.56. The maximum atomic E-state index is 3.78. The molecule has 78 valence electrons. The molecule has 1 aromatic carbocycles. The van der Waals surface area contributed by atoms with Crippen molar-refractivity contribution >= 4 is 5.69 Å². The predicted molar refractivity (Wildman–Crippen MR) is 64.8 cm³/mol. The number of pyridine rings is 1. The van der Waals surface area contributed by atoms with Crippen molar-refractivity contribution in [2.75, 3.05) is 11.9 Å². The molecule has 2 aromatic rings. The van der Waals surface area contributed by atoms with Crippen molar-refractivity contribution in [1.82, 2.24) is 4.98 Å². The molecule has 0 atom stereocenters. The molecule has 0 fully saturated rings. The molecule has 0 aliphatic carbocycles. The highest BCUT2D eigenvalue weighted by Crippen LogP contribution is 2.02. The van der Waals surface area contributed by atoms with Gasteiger partial charge in [0.05, 0.1) is 0 Å². The second-order valence-electron chi connectivity index (χ2n) is 2.92. The number of para-hydroxylation sites is 1. The van der Waals surface area contributed by atoms with Crippen molar-refractivity contribution < 1.29 is 0 Å². The van der Waals surface area contributed by atoms with E-state index in [-0.39, 0.29) is 0 Å². The summed E-state index contributed by atoms with van der Waals surface area (Å²) in [6.45, 7) is 3.08. The van der Waals surface area contributed by atoms with Crippen LogP contribution in [0.2, 0.25) is 0 Å². The summed E-state index contributed by atoms with van der Waals surface area (Å²) in [5.74, 6) is 0. The van der Waals surface area contributed by atoms with Gasteiger partial charge in [-0.15, -0.1) is 0 Å². The van der Waals surface area contributed by atoms with Crippen LogP contribution in [-0.2, 0) is 0 Å². The smallest absolute Gasteiger partial charge is 0.0340 e. The maximum absolute atomic E-state index is 3.78. The van der Waals surface area contributed by atoms with Gasteiger partial charge in [0.15, 0.2) is 0 Å². The average molecular weight is 200 g/mol. The first kappa shape index (κ1) is 11.2. The minimum atomic E-state index is 0.990. The zero-order valence-corrected chi connectivity index (χ0v) is 8.93. The topological polar surface area (TPSA) is 24.9 Å². The first-order valence-electron chi connectivity index (χ1n) is 5.07. The molecule has 0 radical (unpaired) electrons. The number of aromatic nitrogens is 1. The number of rotatable bonds is 2. The van der Waals surface area contributed by atoms with Crippen molar-refractivity contribution in [3.05, 3.63) is 60.9 Å². The van der Waals surface area contributed by atoms with E-state index in [2.05, 4.69) is 29.4 Å². The SMILES string of the molecule is CCNc1ccccc1.c1ccncc1. The van der Waals surface area contributed by atoms with E-state index in [1.807, 2.05) is 36.4 Å². The first-order valence-corrected chi connectivity index (χ1v) is 5.07. The van der Waals surface area contributed by atoms with E-state index in [1.54, 1.807) is 12.4 Å². The fraction of sp³-hybridized carbons (Fsp3) is 0.154. The Morgan fingerprint density at radius 1 is 0.933 bits per heavy atom. The fourth-order valence-electron chi connectivity index (χ4n) is 1.07. The number of benzene rings is 1. The van der Waals surface area contributed by atoms with Gasteiger partial charge in [-0.3, -0.25) is 4.98 Å². The van der Waals surface area contributed by atoms with Gasteiger partial charge >= 0.3 is 0 Å². The minimum absolute atomic E-state index is 0.990. The summed E-state index contributed by atoms with van der Waals surface area (Å²) in [4.78, 5) is 3.78. The Labute approximate surface area is 91.0 Å². The Morgan fingerprint density at radius 2 is 1.53 bits per heavy atom. The number of anilines is 1. The van der Waals surface area contributed by atoms with Gasteiger partial charge in [-0.25, -0.2) is 0 Å². The Balaban J connectivity index is 0.000000162. The van der Waals surface area contributed by atoms with Gasteiger partial charge in [0.25, 0.3) is 0 Å². The normalized spacial score (nSPS) is 8.60. The summed E-state index contributed by atoms with van der Waals surface area (Å²) < 4.78 is 0. The largest absolute Gasteiger partial charge is 0.385 e. The van der Waals surface area contributed by atoms with Gasteiger partial charge in [-0.05, 0) is 31.2 Å².